The van der Waals surface area contributed by atoms with Crippen molar-refractivity contribution in [1.29, 1.82) is 0 Å². The topological polar surface area (TPSA) is 0 Å². The molecular weight excluding hydrogens is 635 g/mol. The minimum atomic E-state index is -0.826. The molecule has 0 aromatic heterocycles. The van der Waals surface area contributed by atoms with E-state index in [1.54, 1.807) is 0 Å². The van der Waals surface area contributed by atoms with Crippen molar-refractivity contribution in [2.45, 2.75) is 65.7 Å². The molecule has 0 amide bonds. The smallest absolute Gasteiger partial charge is 0.0920 e. The summed E-state index contributed by atoms with van der Waals surface area (Å²) in [5.41, 5.74) is 10.1. The molecule has 1 heterocycles. The predicted octanol–water partition coefficient (Wildman–Crippen LogP) is 10.3. The number of fused-ring (bicyclic) bond motifs is 4. The normalized spacial score (nSPS) is 12.0. The summed E-state index contributed by atoms with van der Waals surface area (Å²) >= 11 is -0.826. The average Bonchev–Trinajstić information content (AvgIpc) is 3.59. The molecule has 6 rings (SSSR count). The van der Waals surface area contributed by atoms with E-state index in [9.17, 15) is 0 Å². The summed E-state index contributed by atoms with van der Waals surface area (Å²) in [6, 6.07) is 36.7. The molecule has 0 saturated carbocycles. The fourth-order valence-electron chi connectivity index (χ4n) is 5.62. The zero-order valence-corrected chi connectivity index (χ0v) is 29.7. The van der Waals surface area contributed by atoms with Crippen molar-refractivity contribution >= 4 is 47.7 Å². The van der Waals surface area contributed by atoms with Gasteiger partial charge in [-0.3, -0.25) is 0 Å². The van der Waals surface area contributed by atoms with Gasteiger partial charge in [0.2, 0.25) is 0 Å². The van der Waals surface area contributed by atoms with Crippen molar-refractivity contribution in [2.24, 2.45) is 0 Å². The second-order valence-electron chi connectivity index (χ2n) is 10.9. The fraction of sp³-hybridized carbons (Fsp3) is 0.270. The molecule has 4 heteroatoms. The maximum Gasteiger partial charge on any atom is 0.0920 e. The third kappa shape index (κ3) is 7.58. The molecule has 5 aromatic carbocycles. The van der Waals surface area contributed by atoms with Crippen molar-refractivity contribution in [1.82, 2.24) is 0 Å². The predicted molar refractivity (Wildman–Crippen MR) is 179 cm³/mol. The van der Waals surface area contributed by atoms with Crippen LogP contribution in [-0.4, -0.2) is 9.52 Å². The van der Waals surface area contributed by atoms with Crippen LogP contribution in [0.3, 0.4) is 0 Å². The first-order valence-corrected chi connectivity index (χ1v) is 21.9. The van der Waals surface area contributed by atoms with E-state index < -0.39 is 20.8 Å². The number of benzene rings is 4. The van der Waals surface area contributed by atoms with E-state index >= 15 is 0 Å². The first-order chi connectivity index (χ1) is 19.9. The van der Waals surface area contributed by atoms with E-state index in [1.807, 2.05) is 6.07 Å². The van der Waals surface area contributed by atoms with Gasteiger partial charge in [-0.05, 0) is 29.4 Å². The van der Waals surface area contributed by atoms with Crippen LogP contribution in [0.5, 0.6) is 0 Å². The SMILES string of the molecule is CCCc1ccc2[cH-]c(C(C)CC)cc2c1-c1ccccc1C(C)C.[Cl][Zr+2][Cl].[c-]1cccc2c1[Si]c1ccccc1-2. The van der Waals surface area contributed by atoms with Crippen LogP contribution < -0.4 is 10.4 Å². The Labute approximate surface area is 268 Å². The number of halogens is 2. The fourth-order valence-corrected chi connectivity index (χ4v) is 6.93. The Bertz CT molecular complexity index is 1530. The van der Waals surface area contributed by atoms with Gasteiger partial charge in [0.25, 0.3) is 0 Å². The summed E-state index contributed by atoms with van der Waals surface area (Å²) in [7, 11) is 10.7. The molecule has 1 unspecified atom stereocenters. The number of aryl methyl sites for hydroxylation is 1. The summed E-state index contributed by atoms with van der Waals surface area (Å²) in [5.74, 6) is 1.15. The van der Waals surface area contributed by atoms with Crippen LogP contribution in [0.15, 0.2) is 91.0 Å². The Kier molecular flexibility index (Phi) is 12.2. The van der Waals surface area contributed by atoms with Gasteiger partial charge in [-0.1, -0.05) is 118 Å². The molecule has 0 saturated heterocycles. The second-order valence-corrected chi connectivity index (χ2v) is 15.9. The van der Waals surface area contributed by atoms with Gasteiger partial charge < -0.3 is 0 Å². The standard InChI is InChI=1S/C25H31.C12H7Si.2ClH.Zr/c1-6-10-19-13-14-20-15-21(18(5)7-2)16-24(20)25(19)23-12-9-8-11-22(23)17(3)4;1-3-7-11-9(5-1)10-6-2-4-8-12(10)13-11;;;/h8-9,11-18H,6-7,10H2,1-5H3;1-7H;2*1H;/q2*-1;;;+4/p-2. The molecule has 1 aliphatic heterocycles. The molecule has 5 aromatic rings. The van der Waals surface area contributed by atoms with E-state index in [2.05, 4.69) is 126 Å². The molecule has 0 fully saturated rings. The van der Waals surface area contributed by atoms with E-state index in [-0.39, 0.29) is 0 Å². The number of hydrogen-bond acceptors (Lipinski definition) is 0. The minimum absolute atomic E-state index is 0.532. The molecule has 0 nitrogen and oxygen atoms in total. The van der Waals surface area contributed by atoms with E-state index in [4.69, 9.17) is 17.0 Å². The van der Waals surface area contributed by atoms with Crippen LogP contribution in [-0.2, 0) is 27.3 Å². The van der Waals surface area contributed by atoms with Crippen molar-refractivity contribution in [3.05, 3.63) is 114 Å². The summed E-state index contributed by atoms with van der Waals surface area (Å²) in [6.45, 7) is 11.5. The zero-order chi connectivity index (χ0) is 29.4. The van der Waals surface area contributed by atoms with Crippen molar-refractivity contribution < 1.29 is 20.8 Å². The van der Waals surface area contributed by atoms with Gasteiger partial charge in [-0.25, -0.2) is 0 Å². The summed E-state index contributed by atoms with van der Waals surface area (Å²) < 4.78 is 0. The zero-order valence-electron chi connectivity index (χ0n) is 24.7. The van der Waals surface area contributed by atoms with Crippen LogP contribution >= 0.6 is 17.0 Å². The van der Waals surface area contributed by atoms with Crippen LogP contribution in [0.2, 0.25) is 0 Å². The second kappa shape index (κ2) is 15.6. The quantitative estimate of drug-likeness (QED) is 0.122. The molecule has 0 N–H and O–H groups in total. The average molecular weight is 673 g/mol. The third-order valence-electron chi connectivity index (χ3n) is 7.88. The summed E-state index contributed by atoms with van der Waals surface area (Å²) in [4.78, 5) is 0. The third-order valence-corrected chi connectivity index (χ3v) is 9.25. The summed E-state index contributed by atoms with van der Waals surface area (Å²) in [5, 5.41) is 5.65. The van der Waals surface area contributed by atoms with Crippen LogP contribution in [0.4, 0.5) is 0 Å². The molecule has 208 valence electrons. The molecule has 1 aliphatic rings. The molecular formula is C37H38Cl2SiZr. The molecule has 41 heavy (non-hydrogen) atoms. The van der Waals surface area contributed by atoms with Crippen molar-refractivity contribution in [3.63, 3.8) is 0 Å². The van der Waals surface area contributed by atoms with Gasteiger partial charge in [0, 0.05) is 0 Å². The number of hydrogen-bond donors (Lipinski definition) is 0. The first kappa shape index (κ1) is 32.1. The number of rotatable bonds is 6. The van der Waals surface area contributed by atoms with E-state index in [0.717, 1.165) is 15.9 Å². The Morgan fingerprint density at radius 3 is 2.24 bits per heavy atom. The van der Waals surface area contributed by atoms with Gasteiger partial charge in [0.1, 0.15) is 0 Å². The largest absolute Gasteiger partial charge is 0.184 e. The minimum Gasteiger partial charge on any atom is -0.184 e. The van der Waals surface area contributed by atoms with Crippen LogP contribution in [0, 0.1) is 6.07 Å². The molecule has 0 spiro atoms. The maximum atomic E-state index is 4.93. The van der Waals surface area contributed by atoms with Gasteiger partial charge in [-0.2, -0.15) is 35.5 Å². The van der Waals surface area contributed by atoms with Gasteiger partial charge in [0.15, 0.2) is 0 Å². The van der Waals surface area contributed by atoms with Crippen molar-refractivity contribution in [3.8, 4) is 22.3 Å². The molecule has 1 atom stereocenters. The Balaban J connectivity index is 0.000000200. The van der Waals surface area contributed by atoms with Crippen LogP contribution in [0.25, 0.3) is 33.0 Å². The first-order valence-electron chi connectivity index (χ1n) is 14.6. The van der Waals surface area contributed by atoms with Gasteiger partial charge >= 0.3 is 37.9 Å². The Hall–Kier alpha value is -1.83. The Morgan fingerprint density at radius 1 is 0.854 bits per heavy atom. The van der Waals surface area contributed by atoms with E-state index in [0.29, 0.717) is 11.8 Å². The maximum absolute atomic E-state index is 4.93. The monoisotopic (exact) mass is 670 g/mol. The van der Waals surface area contributed by atoms with E-state index in [1.165, 1.54) is 72.9 Å². The Morgan fingerprint density at radius 2 is 1.54 bits per heavy atom. The van der Waals surface area contributed by atoms with Gasteiger partial charge in [-0.15, -0.1) is 40.1 Å². The van der Waals surface area contributed by atoms with Crippen LogP contribution in [0.1, 0.15) is 76.0 Å². The van der Waals surface area contributed by atoms with Gasteiger partial charge in [0.05, 0.1) is 9.52 Å². The molecule has 0 bridgehead atoms. The van der Waals surface area contributed by atoms with Crippen molar-refractivity contribution in [2.75, 3.05) is 0 Å². The summed E-state index contributed by atoms with van der Waals surface area (Å²) in [6.07, 6.45) is 3.51. The molecule has 0 aliphatic carbocycles. The molecule has 2 radical (unpaired) electrons.